The van der Waals surface area contributed by atoms with Crippen molar-refractivity contribution >= 4 is 25.1 Å². The zero-order valence-corrected chi connectivity index (χ0v) is 27.9. The van der Waals surface area contributed by atoms with Gasteiger partial charge in [0.1, 0.15) is 6.04 Å². The Morgan fingerprint density at radius 2 is 1.74 bits per heavy atom. The van der Waals surface area contributed by atoms with Gasteiger partial charge in [-0.3, -0.25) is 4.79 Å². The molecule has 1 aliphatic carbocycles. The van der Waals surface area contributed by atoms with Gasteiger partial charge in [-0.05, 0) is 35.9 Å². The average Bonchev–Trinajstić information content (AvgIpc) is 3.32. The summed E-state index contributed by atoms with van der Waals surface area (Å²) in [6.07, 6.45) is 6.95. The molecule has 0 spiro atoms. The number of carbonyl (C=O) groups is 2. The third kappa shape index (κ3) is 6.91. The topological polar surface area (TPSA) is 80.8 Å². The largest absolute Gasteiger partial charge is 0.481 e. The number of esters is 1. The molecule has 0 radical (unpaired) electrons. The van der Waals surface area contributed by atoms with Gasteiger partial charge in [-0.2, -0.15) is 0 Å². The lowest BCUT2D eigenvalue weighted by Gasteiger charge is -2.36. The van der Waals surface area contributed by atoms with Crippen LogP contribution in [0.15, 0.2) is 42.6 Å². The van der Waals surface area contributed by atoms with E-state index in [1.807, 2.05) is 36.2 Å². The van der Waals surface area contributed by atoms with Crippen molar-refractivity contribution in [2.45, 2.75) is 104 Å². The molecule has 1 saturated carbocycles. The van der Waals surface area contributed by atoms with E-state index >= 15 is 0 Å². The molecular formula is C34H51N3O4Si. The summed E-state index contributed by atoms with van der Waals surface area (Å²) in [5.74, 6) is 0.113. The van der Waals surface area contributed by atoms with Crippen LogP contribution in [0.25, 0.3) is 0 Å². The zero-order chi connectivity index (χ0) is 30.7. The molecule has 2 fully saturated rings. The molecule has 1 aromatic heterocycles. The molecule has 42 heavy (non-hydrogen) atoms. The van der Waals surface area contributed by atoms with E-state index in [0.717, 1.165) is 43.2 Å². The molecule has 1 amide bonds. The fourth-order valence-electron chi connectivity index (χ4n) is 6.95. The Morgan fingerprint density at radius 3 is 2.31 bits per heavy atom. The maximum absolute atomic E-state index is 14.5. The van der Waals surface area contributed by atoms with E-state index in [9.17, 15) is 9.59 Å². The first-order chi connectivity index (χ1) is 19.9. The smallest absolute Gasteiger partial charge is 0.329 e. The van der Waals surface area contributed by atoms with Crippen molar-refractivity contribution in [2.24, 2.45) is 17.3 Å². The van der Waals surface area contributed by atoms with Gasteiger partial charge in [0.05, 0.1) is 27.8 Å². The number of hydrogen-bond acceptors (Lipinski definition) is 6. The van der Waals surface area contributed by atoms with Crippen LogP contribution >= 0.6 is 0 Å². The van der Waals surface area contributed by atoms with Crippen molar-refractivity contribution in [3.8, 4) is 5.88 Å². The maximum atomic E-state index is 14.5. The number of pyridine rings is 1. The highest BCUT2D eigenvalue weighted by atomic mass is 28.3. The first kappa shape index (κ1) is 32.2. The SMILES string of the molecule is CCOC(=O)[C@@H]1[C@@H](C(C)(C)C)[C@H](NCc2cc([Si](C)(C)C)cnc2OC)[C@H](c2ccccc2)N1C(=O)C1CCCCC1. The van der Waals surface area contributed by atoms with Crippen LogP contribution in [0.4, 0.5) is 0 Å². The van der Waals surface area contributed by atoms with E-state index in [-0.39, 0.29) is 47.8 Å². The third-order valence-electron chi connectivity index (χ3n) is 9.06. The van der Waals surface area contributed by atoms with Crippen LogP contribution in [0.5, 0.6) is 5.88 Å². The van der Waals surface area contributed by atoms with Crippen LogP contribution in [0.1, 0.15) is 77.0 Å². The Hall–Kier alpha value is -2.71. The number of nitrogens with one attached hydrogen (secondary N) is 1. The third-order valence-corrected chi connectivity index (χ3v) is 11.1. The molecule has 0 bridgehead atoms. The monoisotopic (exact) mass is 593 g/mol. The molecule has 2 heterocycles. The molecule has 230 valence electrons. The quantitative estimate of drug-likeness (QED) is 0.290. The van der Waals surface area contributed by atoms with E-state index in [2.05, 4.69) is 68.9 Å². The summed E-state index contributed by atoms with van der Waals surface area (Å²) in [7, 11) is 0.0438. The number of rotatable bonds is 9. The molecule has 7 nitrogen and oxygen atoms in total. The summed E-state index contributed by atoms with van der Waals surface area (Å²) >= 11 is 0. The summed E-state index contributed by atoms with van der Waals surface area (Å²) in [4.78, 5) is 35.0. The molecule has 1 saturated heterocycles. The minimum atomic E-state index is -1.61. The van der Waals surface area contributed by atoms with Crippen molar-refractivity contribution in [1.29, 1.82) is 0 Å². The molecular weight excluding hydrogens is 542 g/mol. The second-order valence-corrected chi connectivity index (χ2v) is 19.2. The normalized spacial score (nSPS) is 23.6. The fourth-order valence-corrected chi connectivity index (χ4v) is 8.01. The molecule has 4 rings (SSSR count). The lowest BCUT2D eigenvalue weighted by molar-refractivity contribution is -0.158. The Bertz CT molecular complexity index is 1220. The van der Waals surface area contributed by atoms with Crippen molar-refractivity contribution in [2.75, 3.05) is 13.7 Å². The summed E-state index contributed by atoms with van der Waals surface area (Å²) < 4.78 is 11.4. The number of amides is 1. The highest BCUT2D eigenvalue weighted by molar-refractivity contribution is 6.88. The predicted molar refractivity (Wildman–Crippen MR) is 170 cm³/mol. The molecule has 4 atom stereocenters. The molecule has 8 heteroatoms. The number of benzene rings is 1. The second kappa shape index (κ2) is 13.3. The average molecular weight is 594 g/mol. The highest BCUT2D eigenvalue weighted by Gasteiger charge is 2.58. The van der Waals surface area contributed by atoms with Crippen LogP contribution in [-0.4, -0.2) is 55.6 Å². The maximum Gasteiger partial charge on any atom is 0.329 e. The Morgan fingerprint density at radius 1 is 1.07 bits per heavy atom. The highest BCUT2D eigenvalue weighted by Crippen LogP contribution is 2.49. The summed E-state index contributed by atoms with van der Waals surface area (Å²) in [6.45, 7) is 16.1. The van der Waals surface area contributed by atoms with E-state index in [1.165, 1.54) is 5.19 Å². The first-order valence-corrected chi connectivity index (χ1v) is 19.2. The van der Waals surface area contributed by atoms with Crippen LogP contribution < -0.4 is 15.2 Å². The van der Waals surface area contributed by atoms with E-state index in [4.69, 9.17) is 9.47 Å². The molecule has 1 N–H and O–H groups in total. The second-order valence-electron chi connectivity index (χ2n) is 14.1. The van der Waals surface area contributed by atoms with Crippen LogP contribution in [0.3, 0.4) is 0 Å². The van der Waals surface area contributed by atoms with Gasteiger partial charge in [0.15, 0.2) is 0 Å². The Kier molecular flexibility index (Phi) is 10.2. The van der Waals surface area contributed by atoms with Crippen molar-refractivity contribution in [3.05, 3.63) is 53.7 Å². The van der Waals surface area contributed by atoms with Crippen molar-refractivity contribution < 1.29 is 19.1 Å². The van der Waals surface area contributed by atoms with Crippen LogP contribution in [0, 0.1) is 17.3 Å². The molecule has 2 aromatic rings. The van der Waals surface area contributed by atoms with Gasteiger partial charge in [0.25, 0.3) is 0 Å². The summed E-state index contributed by atoms with van der Waals surface area (Å²) in [6, 6.07) is 11.2. The van der Waals surface area contributed by atoms with Crippen molar-refractivity contribution in [3.63, 3.8) is 0 Å². The zero-order valence-electron chi connectivity index (χ0n) is 26.9. The summed E-state index contributed by atoms with van der Waals surface area (Å²) in [5, 5.41) is 5.13. The van der Waals surface area contributed by atoms with Gasteiger partial charge < -0.3 is 19.7 Å². The van der Waals surface area contributed by atoms with Crippen LogP contribution in [0.2, 0.25) is 19.6 Å². The van der Waals surface area contributed by atoms with Gasteiger partial charge in [-0.15, -0.1) is 0 Å². The molecule has 0 unspecified atom stereocenters. The lowest BCUT2D eigenvalue weighted by atomic mass is 9.72. The number of methoxy groups -OCH3 is 1. The Balaban J connectivity index is 1.84. The minimum absolute atomic E-state index is 0.0704. The number of ether oxygens (including phenoxy) is 2. The fraction of sp³-hybridized carbons (Fsp3) is 0.618. The van der Waals surface area contributed by atoms with E-state index in [0.29, 0.717) is 12.4 Å². The minimum Gasteiger partial charge on any atom is -0.481 e. The number of carbonyl (C=O) groups excluding carboxylic acids is 2. The van der Waals surface area contributed by atoms with E-state index < -0.39 is 14.1 Å². The standard InChI is InChI=1S/C34H51N3O4Si/c1-9-41-33(39)30-27(34(2,3)4)28(35-21-25-20-26(42(6,7)8)22-36-31(25)40-5)29(23-16-12-10-13-17-23)37(30)32(38)24-18-14-11-15-19-24/h10,12-13,16-17,20,22,24,27-30,35H,9,11,14-15,18-19,21H2,1-8H3/t27-,28-,29-,30-/m0/s1. The lowest BCUT2D eigenvalue weighted by Crippen LogP contribution is -2.50. The predicted octanol–water partition coefficient (Wildman–Crippen LogP) is 5.85. The van der Waals surface area contributed by atoms with Gasteiger partial charge in [0, 0.05) is 36.2 Å². The first-order valence-electron chi connectivity index (χ1n) is 15.7. The van der Waals surface area contributed by atoms with Crippen molar-refractivity contribution in [1.82, 2.24) is 15.2 Å². The van der Waals surface area contributed by atoms with Gasteiger partial charge in [-0.1, -0.05) is 96.1 Å². The Labute approximate surface area is 253 Å². The van der Waals surface area contributed by atoms with Gasteiger partial charge in [-0.25, -0.2) is 9.78 Å². The van der Waals surface area contributed by atoms with E-state index in [1.54, 1.807) is 7.11 Å². The van der Waals surface area contributed by atoms with Crippen LogP contribution in [-0.2, 0) is 20.9 Å². The molecule has 1 aliphatic heterocycles. The van der Waals surface area contributed by atoms with Gasteiger partial charge in [0.2, 0.25) is 11.8 Å². The summed E-state index contributed by atoms with van der Waals surface area (Å²) in [5.41, 5.74) is 1.72. The number of hydrogen-bond donors (Lipinski definition) is 1. The number of likely N-dealkylation sites (tertiary alicyclic amines) is 1. The van der Waals surface area contributed by atoms with Gasteiger partial charge >= 0.3 is 5.97 Å². The molecule has 1 aromatic carbocycles. The number of nitrogens with zero attached hydrogens (tertiary/aromatic N) is 2. The number of aromatic nitrogens is 1. The molecule has 2 aliphatic rings.